The molecular weight excluding hydrogens is 232 g/mol. The van der Waals surface area contributed by atoms with Gasteiger partial charge in [0.05, 0.1) is 5.41 Å². The molecule has 0 radical (unpaired) electrons. The molecule has 0 unspecified atom stereocenters. The van der Waals surface area contributed by atoms with E-state index in [0.717, 1.165) is 45.2 Å². The predicted octanol–water partition coefficient (Wildman–Crippen LogP) is 1.78. The van der Waals surface area contributed by atoms with Crippen molar-refractivity contribution in [2.45, 2.75) is 45.1 Å². The first-order chi connectivity index (χ1) is 8.27. The van der Waals surface area contributed by atoms with E-state index in [-0.39, 0.29) is 5.41 Å². The first-order valence-corrected chi connectivity index (χ1v) is 8.02. The minimum absolute atomic E-state index is 0.0875. The third-order valence-electron chi connectivity index (χ3n) is 4.28. The molecule has 4 heteroatoms. The van der Waals surface area contributed by atoms with Crippen LogP contribution in [0.25, 0.3) is 0 Å². The maximum Gasteiger partial charge on any atom is 0.226 e. The number of thioether (sulfide) groups is 1. The van der Waals surface area contributed by atoms with Crippen LogP contribution in [0, 0.1) is 5.41 Å². The molecule has 1 amide bonds. The van der Waals surface area contributed by atoms with Crippen molar-refractivity contribution in [3.05, 3.63) is 0 Å². The van der Waals surface area contributed by atoms with E-state index in [9.17, 15) is 4.79 Å². The summed E-state index contributed by atoms with van der Waals surface area (Å²) in [7, 11) is 0. The van der Waals surface area contributed by atoms with Gasteiger partial charge in [-0.15, -0.1) is 0 Å². The Morgan fingerprint density at radius 1 is 1.35 bits per heavy atom. The highest BCUT2D eigenvalue weighted by Crippen LogP contribution is 2.33. The number of amides is 1. The van der Waals surface area contributed by atoms with Gasteiger partial charge in [-0.25, -0.2) is 0 Å². The Morgan fingerprint density at radius 3 is 2.59 bits per heavy atom. The van der Waals surface area contributed by atoms with Gasteiger partial charge in [0, 0.05) is 6.04 Å². The fourth-order valence-electron chi connectivity index (χ4n) is 2.83. The zero-order valence-electron chi connectivity index (χ0n) is 10.8. The normalized spacial score (nSPS) is 25.5. The highest BCUT2D eigenvalue weighted by Gasteiger charge is 2.38. The molecule has 98 valence electrons. The summed E-state index contributed by atoms with van der Waals surface area (Å²) in [5.41, 5.74) is -0.0875. The molecule has 2 fully saturated rings. The first kappa shape index (κ1) is 13.2. The standard InChI is InChI=1S/C13H24N2OS/c1-2-13(5-7-14-8-6-13)12(16)15-11-3-9-17-10-4-11/h11,14H,2-10H2,1H3,(H,15,16). The minimum atomic E-state index is -0.0875. The van der Waals surface area contributed by atoms with E-state index < -0.39 is 0 Å². The van der Waals surface area contributed by atoms with Crippen LogP contribution in [0.15, 0.2) is 0 Å². The molecule has 17 heavy (non-hydrogen) atoms. The smallest absolute Gasteiger partial charge is 0.226 e. The molecule has 0 aromatic heterocycles. The van der Waals surface area contributed by atoms with Gasteiger partial charge in [-0.05, 0) is 56.7 Å². The van der Waals surface area contributed by atoms with Gasteiger partial charge in [0.2, 0.25) is 5.91 Å². The lowest BCUT2D eigenvalue weighted by Crippen LogP contribution is -2.50. The monoisotopic (exact) mass is 256 g/mol. The van der Waals surface area contributed by atoms with Gasteiger partial charge in [-0.1, -0.05) is 6.92 Å². The first-order valence-electron chi connectivity index (χ1n) is 6.86. The zero-order valence-corrected chi connectivity index (χ0v) is 11.6. The van der Waals surface area contributed by atoms with E-state index in [4.69, 9.17) is 0 Å². The summed E-state index contributed by atoms with van der Waals surface area (Å²) in [6.07, 6.45) is 5.26. The molecule has 2 saturated heterocycles. The van der Waals surface area contributed by atoms with Gasteiger partial charge in [-0.3, -0.25) is 4.79 Å². The third kappa shape index (κ3) is 3.16. The molecule has 2 rings (SSSR count). The summed E-state index contributed by atoms with van der Waals surface area (Å²) in [5, 5.41) is 6.65. The number of carbonyl (C=O) groups is 1. The number of piperidine rings is 1. The number of nitrogens with one attached hydrogen (secondary N) is 2. The van der Waals surface area contributed by atoms with Crippen LogP contribution >= 0.6 is 11.8 Å². The van der Waals surface area contributed by atoms with Gasteiger partial charge >= 0.3 is 0 Å². The second-order valence-electron chi connectivity index (χ2n) is 5.24. The van der Waals surface area contributed by atoms with Crippen LogP contribution in [0.5, 0.6) is 0 Å². The van der Waals surface area contributed by atoms with Crippen LogP contribution in [-0.4, -0.2) is 36.5 Å². The lowest BCUT2D eigenvalue weighted by molar-refractivity contribution is -0.133. The lowest BCUT2D eigenvalue weighted by Gasteiger charge is -2.37. The summed E-state index contributed by atoms with van der Waals surface area (Å²) in [5.74, 6) is 2.72. The SMILES string of the molecule is CCC1(C(=O)NC2CCSCC2)CCNCC1. The van der Waals surface area contributed by atoms with Crippen molar-refractivity contribution in [3.63, 3.8) is 0 Å². The third-order valence-corrected chi connectivity index (χ3v) is 5.32. The summed E-state index contributed by atoms with van der Waals surface area (Å²) in [6.45, 7) is 4.13. The Bertz CT molecular complexity index is 258. The van der Waals surface area contributed by atoms with E-state index in [2.05, 4.69) is 17.6 Å². The molecule has 0 atom stereocenters. The van der Waals surface area contributed by atoms with Crippen LogP contribution in [0.2, 0.25) is 0 Å². The van der Waals surface area contributed by atoms with Gasteiger partial charge in [0.1, 0.15) is 0 Å². The molecule has 2 aliphatic rings. The highest BCUT2D eigenvalue weighted by molar-refractivity contribution is 7.99. The van der Waals surface area contributed by atoms with Crippen molar-refractivity contribution in [1.29, 1.82) is 0 Å². The van der Waals surface area contributed by atoms with Crippen LogP contribution in [-0.2, 0) is 4.79 Å². The molecule has 2 heterocycles. The van der Waals surface area contributed by atoms with Crippen molar-refractivity contribution in [1.82, 2.24) is 10.6 Å². The summed E-state index contributed by atoms with van der Waals surface area (Å²) in [6, 6.07) is 0.432. The zero-order chi connectivity index (χ0) is 12.1. The molecule has 0 bridgehead atoms. The highest BCUT2D eigenvalue weighted by atomic mass is 32.2. The number of hydrogen-bond donors (Lipinski definition) is 2. The minimum Gasteiger partial charge on any atom is -0.353 e. The lowest BCUT2D eigenvalue weighted by atomic mass is 9.75. The van der Waals surface area contributed by atoms with Crippen molar-refractivity contribution >= 4 is 17.7 Å². The fourth-order valence-corrected chi connectivity index (χ4v) is 3.93. The van der Waals surface area contributed by atoms with Gasteiger partial charge < -0.3 is 10.6 Å². The van der Waals surface area contributed by atoms with E-state index in [1.165, 1.54) is 11.5 Å². The molecular formula is C13H24N2OS. The average molecular weight is 256 g/mol. The maximum atomic E-state index is 12.5. The average Bonchev–Trinajstić information content (AvgIpc) is 2.40. The summed E-state index contributed by atoms with van der Waals surface area (Å²) in [4.78, 5) is 12.5. The molecule has 0 aromatic carbocycles. The molecule has 0 aliphatic carbocycles. The Kier molecular flexibility index (Phi) is 4.74. The number of carbonyl (C=O) groups excluding carboxylic acids is 1. The van der Waals surface area contributed by atoms with Crippen molar-refractivity contribution < 1.29 is 4.79 Å². The quantitative estimate of drug-likeness (QED) is 0.809. The van der Waals surface area contributed by atoms with Crippen LogP contribution in [0.4, 0.5) is 0 Å². The van der Waals surface area contributed by atoms with E-state index in [1.807, 2.05) is 11.8 Å². The van der Waals surface area contributed by atoms with Crippen molar-refractivity contribution in [3.8, 4) is 0 Å². The molecule has 0 spiro atoms. The van der Waals surface area contributed by atoms with Gasteiger partial charge in [0.15, 0.2) is 0 Å². The molecule has 0 saturated carbocycles. The molecule has 2 N–H and O–H groups in total. The Balaban J connectivity index is 1.91. The van der Waals surface area contributed by atoms with Crippen molar-refractivity contribution in [2.75, 3.05) is 24.6 Å². The second kappa shape index (κ2) is 6.10. The van der Waals surface area contributed by atoms with Gasteiger partial charge in [0.25, 0.3) is 0 Å². The number of hydrogen-bond acceptors (Lipinski definition) is 3. The van der Waals surface area contributed by atoms with E-state index in [1.54, 1.807) is 0 Å². The summed E-state index contributed by atoms with van der Waals surface area (Å²) >= 11 is 2.00. The summed E-state index contributed by atoms with van der Waals surface area (Å²) < 4.78 is 0. The molecule has 0 aromatic rings. The fraction of sp³-hybridized carbons (Fsp3) is 0.923. The Hall–Kier alpha value is -0.220. The second-order valence-corrected chi connectivity index (χ2v) is 6.47. The van der Waals surface area contributed by atoms with Gasteiger partial charge in [-0.2, -0.15) is 11.8 Å². The largest absolute Gasteiger partial charge is 0.353 e. The topological polar surface area (TPSA) is 41.1 Å². The Morgan fingerprint density at radius 2 is 2.00 bits per heavy atom. The van der Waals surface area contributed by atoms with E-state index in [0.29, 0.717) is 11.9 Å². The maximum absolute atomic E-state index is 12.5. The molecule has 3 nitrogen and oxygen atoms in total. The van der Waals surface area contributed by atoms with Crippen LogP contribution in [0.3, 0.4) is 0 Å². The van der Waals surface area contributed by atoms with Crippen LogP contribution in [0.1, 0.15) is 39.0 Å². The predicted molar refractivity (Wildman–Crippen MR) is 73.3 cm³/mol. The van der Waals surface area contributed by atoms with Crippen LogP contribution < -0.4 is 10.6 Å². The van der Waals surface area contributed by atoms with E-state index >= 15 is 0 Å². The molecule has 2 aliphatic heterocycles. The Labute approximate surface area is 108 Å². The number of rotatable bonds is 3. The van der Waals surface area contributed by atoms with Crippen molar-refractivity contribution in [2.24, 2.45) is 5.41 Å².